The molecule has 0 amide bonds. The van der Waals surface area contributed by atoms with Crippen LogP contribution in [0.2, 0.25) is 0 Å². The van der Waals surface area contributed by atoms with Gasteiger partial charge in [0.25, 0.3) is 5.69 Å². The van der Waals surface area contributed by atoms with Crippen LogP contribution in [0.15, 0.2) is 12.1 Å². The number of benzene rings is 1. The Labute approximate surface area is 142 Å². The van der Waals surface area contributed by atoms with Crippen molar-refractivity contribution in [3.8, 4) is 11.5 Å². The third-order valence-corrected chi connectivity index (χ3v) is 4.09. The smallest absolute Gasteiger partial charge is 0.277 e. The van der Waals surface area contributed by atoms with E-state index in [1.165, 1.54) is 20.3 Å². The lowest BCUT2D eigenvalue weighted by atomic mass is 10.0. The molecule has 1 fully saturated rings. The maximum absolute atomic E-state index is 11.3. The minimum absolute atomic E-state index is 0. The molecule has 0 saturated carbocycles. The molecule has 1 aliphatic rings. The summed E-state index contributed by atoms with van der Waals surface area (Å²) < 4.78 is 10.4. The van der Waals surface area contributed by atoms with Crippen LogP contribution >= 0.6 is 12.4 Å². The Kier molecular flexibility index (Phi) is 7.54. The zero-order valence-corrected chi connectivity index (χ0v) is 14.5. The number of likely N-dealkylation sites (tertiary alicyclic amines) is 1. The number of nitro groups is 1. The van der Waals surface area contributed by atoms with E-state index in [9.17, 15) is 10.1 Å². The number of piperidine rings is 1. The molecule has 0 aliphatic carbocycles. The van der Waals surface area contributed by atoms with E-state index in [-0.39, 0.29) is 23.0 Å². The van der Waals surface area contributed by atoms with Crippen molar-refractivity contribution in [3.05, 3.63) is 27.8 Å². The first-order valence-corrected chi connectivity index (χ1v) is 7.38. The van der Waals surface area contributed by atoms with Crippen LogP contribution in [-0.2, 0) is 6.54 Å². The van der Waals surface area contributed by atoms with Gasteiger partial charge in [-0.25, -0.2) is 0 Å². The molecule has 0 aromatic heterocycles. The molecule has 0 radical (unpaired) electrons. The summed E-state index contributed by atoms with van der Waals surface area (Å²) in [5.41, 5.74) is 0.726. The highest BCUT2D eigenvalue weighted by molar-refractivity contribution is 5.85. The van der Waals surface area contributed by atoms with Crippen LogP contribution in [0.4, 0.5) is 5.69 Å². The lowest BCUT2D eigenvalue weighted by Crippen LogP contribution is -2.43. The molecule has 7 nitrogen and oxygen atoms in total. The number of hydrogen-bond acceptors (Lipinski definition) is 6. The van der Waals surface area contributed by atoms with Crippen molar-refractivity contribution in [1.29, 1.82) is 0 Å². The summed E-state index contributed by atoms with van der Waals surface area (Å²) in [6, 6.07) is 3.58. The molecule has 1 atom stereocenters. The second-order valence-corrected chi connectivity index (χ2v) is 5.46. The minimum atomic E-state index is -0.364. The number of nitrogens with one attached hydrogen (secondary N) is 1. The predicted octanol–water partition coefficient (Wildman–Crippen LogP) is 2.22. The van der Waals surface area contributed by atoms with Crippen LogP contribution in [-0.4, -0.2) is 50.2 Å². The molecule has 2 rings (SSSR count). The zero-order chi connectivity index (χ0) is 16.1. The Hall–Kier alpha value is -1.57. The first-order valence-electron chi connectivity index (χ1n) is 7.38. The van der Waals surface area contributed by atoms with Crippen LogP contribution in [0.25, 0.3) is 0 Å². The van der Waals surface area contributed by atoms with E-state index in [0.717, 1.165) is 25.9 Å². The van der Waals surface area contributed by atoms with E-state index in [2.05, 4.69) is 10.2 Å². The predicted molar refractivity (Wildman–Crippen MR) is 90.8 cm³/mol. The molecule has 1 saturated heterocycles. The zero-order valence-electron chi connectivity index (χ0n) is 13.7. The van der Waals surface area contributed by atoms with Gasteiger partial charge in [0.1, 0.15) is 0 Å². The fraction of sp³-hybridized carbons (Fsp3) is 0.600. The maximum Gasteiger partial charge on any atom is 0.277 e. The number of rotatable bonds is 6. The fourth-order valence-corrected chi connectivity index (χ4v) is 2.88. The van der Waals surface area contributed by atoms with E-state index in [4.69, 9.17) is 9.47 Å². The molecule has 1 aliphatic heterocycles. The molecule has 130 valence electrons. The van der Waals surface area contributed by atoms with Crippen molar-refractivity contribution in [2.75, 3.05) is 34.4 Å². The van der Waals surface area contributed by atoms with Gasteiger partial charge in [0.05, 0.1) is 25.2 Å². The van der Waals surface area contributed by atoms with Crippen molar-refractivity contribution in [3.63, 3.8) is 0 Å². The summed E-state index contributed by atoms with van der Waals surface area (Å²) in [6.07, 6.45) is 2.23. The largest absolute Gasteiger partial charge is 0.493 e. The van der Waals surface area contributed by atoms with Crippen molar-refractivity contribution >= 4 is 18.1 Å². The molecule has 8 heteroatoms. The van der Waals surface area contributed by atoms with E-state index < -0.39 is 0 Å². The molecule has 1 unspecified atom stereocenters. The third-order valence-electron chi connectivity index (χ3n) is 4.09. The topological polar surface area (TPSA) is 76.9 Å². The first kappa shape index (κ1) is 19.5. The highest BCUT2D eigenvalue weighted by Crippen LogP contribution is 2.35. The number of halogens is 1. The van der Waals surface area contributed by atoms with Gasteiger partial charge < -0.3 is 14.8 Å². The Balaban J connectivity index is 0.00000264. The number of nitro benzene ring substituents is 1. The molecule has 0 bridgehead atoms. The number of methoxy groups -OCH3 is 2. The van der Waals surface area contributed by atoms with Gasteiger partial charge in [0.2, 0.25) is 0 Å². The van der Waals surface area contributed by atoms with Crippen LogP contribution in [0.1, 0.15) is 18.4 Å². The van der Waals surface area contributed by atoms with Crippen molar-refractivity contribution < 1.29 is 14.4 Å². The number of likely N-dealkylation sites (N-methyl/N-ethyl adjacent to an activating group) is 1. The molecule has 1 aromatic rings. The average molecular weight is 346 g/mol. The second kappa shape index (κ2) is 8.90. The summed E-state index contributed by atoms with van der Waals surface area (Å²) in [6.45, 7) is 2.38. The van der Waals surface area contributed by atoms with Gasteiger partial charge in [0, 0.05) is 24.7 Å². The van der Waals surface area contributed by atoms with Gasteiger partial charge in [0.15, 0.2) is 11.5 Å². The van der Waals surface area contributed by atoms with E-state index >= 15 is 0 Å². The Morgan fingerprint density at radius 3 is 2.57 bits per heavy atom. The summed E-state index contributed by atoms with van der Waals surface area (Å²) in [5, 5.41) is 14.6. The van der Waals surface area contributed by atoms with Gasteiger partial charge >= 0.3 is 0 Å². The first-order chi connectivity index (χ1) is 10.6. The number of nitrogens with zero attached hydrogens (tertiary/aromatic N) is 2. The Morgan fingerprint density at radius 2 is 2.00 bits per heavy atom. The summed E-state index contributed by atoms with van der Waals surface area (Å²) in [7, 11) is 4.96. The Bertz CT molecular complexity index is 542. The number of ether oxygens (including phenoxy) is 2. The second-order valence-electron chi connectivity index (χ2n) is 5.46. The van der Waals surface area contributed by atoms with Crippen molar-refractivity contribution in [1.82, 2.24) is 10.2 Å². The summed E-state index contributed by atoms with van der Waals surface area (Å²) in [5.74, 6) is 0.898. The van der Waals surface area contributed by atoms with Gasteiger partial charge in [-0.3, -0.25) is 15.0 Å². The van der Waals surface area contributed by atoms with Crippen LogP contribution in [0.3, 0.4) is 0 Å². The molecular weight excluding hydrogens is 322 g/mol. The minimum Gasteiger partial charge on any atom is -0.493 e. The van der Waals surface area contributed by atoms with E-state index in [0.29, 0.717) is 29.6 Å². The Morgan fingerprint density at radius 1 is 1.35 bits per heavy atom. The monoisotopic (exact) mass is 345 g/mol. The summed E-state index contributed by atoms with van der Waals surface area (Å²) >= 11 is 0. The van der Waals surface area contributed by atoms with E-state index in [1.54, 1.807) is 6.07 Å². The standard InChI is InChI=1S/C15H23N3O4.ClH/c1-16-12-5-4-6-17(10-12)9-11-7-14(21-2)15(22-3)8-13(11)18(19)20;/h7-8,12,16H,4-6,9-10H2,1-3H3;1H. The molecule has 1 aromatic carbocycles. The van der Waals surface area contributed by atoms with Crippen LogP contribution in [0, 0.1) is 10.1 Å². The molecule has 23 heavy (non-hydrogen) atoms. The van der Waals surface area contributed by atoms with Gasteiger partial charge in [-0.05, 0) is 32.5 Å². The van der Waals surface area contributed by atoms with Crippen LogP contribution in [0.5, 0.6) is 11.5 Å². The van der Waals surface area contributed by atoms with Crippen LogP contribution < -0.4 is 14.8 Å². The normalized spacial score (nSPS) is 18.1. The average Bonchev–Trinajstić information content (AvgIpc) is 2.54. The van der Waals surface area contributed by atoms with Gasteiger partial charge in [-0.15, -0.1) is 12.4 Å². The highest BCUT2D eigenvalue weighted by Gasteiger charge is 2.24. The molecule has 0 spiro atoms. The quantitative estimate of drug-likeness (QED) is 0.629. The lowest BCUT2D eigenvalue weighted by molar-refractivity contribution is -0.385. The highest BCUT2D eigenvalue weighted by atomic mass is 35.5. The molecule has 1 heterocycles. The maximum atomic E-state index is 11.3. The fourth-order valence-electron chi connectivity index (χ4n) is 2.88. The molecular formula is C15H24ClN3O4. The van der Waals surface area contributed by atoms with Crippen molar-refractivity contribution in [2.24, 2.45) is 0 Å². The van der Waals surface area contributed by atoms with Gasteiger partial charge in [-0.2, -0.15) is 0 Å². The van der Waals surface area contributed by atoms with Crippen molar-refractivity contribution in [2.45, 2.75) is 25.4 Å². The van der Waals surface area contributed by atoms with E-state index in [1.807, 2.05) is 7.05 Å². The SMILES string of the molecule is CNC1CCCN(Cc2cc(OC)c(OC)cc2[N+](=O)[O-])C1.Cl. The number of hydrogen-bond donors (Lipinski definition) is 1. The molecule has 1 N–H and O–H groups in total. The third kappa shape index (κ3) is 4.70. The lowest BCUT2D eigenvalue weighted by Gasteiger charge is -2.32. The summed E-state index contributed by atoms with van der Waals surface area (Å²) in [4.78, 5) is 13.2. The van der Waals surface area contributed by atoms with Gasteiger partial charge in [-0.1, -0.05) is 0 Å².